The Morgan fingerprint density at radius 1 is 1.04 bits per heavy atom. The molecule has 0 spiro atoms. The maximum atomic E-state index is 12.7. The molecule has 0 radical (unpaired) electrons. The monoisotopic (exact) mass is 379 g/mol. The van der Waals surface area contributed by atoms with Crippen molar-refractivity contribution in [2.45, 2.75) is 25.4 Å². The fourth-order valence-electron chi connectivity index (χ4n) is 4.11. The van der Waals surface area contributed by atoms with Gasteiger partial charge in [-0.1, -0.05) is 30.3 Å². The second-order valence-corrected chi connectivity index (χ2v) is 7.69. The quantitative estimate of drug-likeness (QED) is 0.867. The van der Waals surface area contributed by atoms with E-state index in [9.17, 15) is 4.79 Å². The average Bonchev–Trinajstić information content (AvgIpc) is 3.23. The first kappa shape index (κ1) is 19.0. The third kappa shape index (κ3) is 4.37. The molecule has 1 N–H and O–H groups in total. The van der Waals surface area contributed by atoms with Crippen molar-refractivity contribution in [2.75, 3.05) is 44.3 Å². The van der Waals surface area contributed by atoms with Crippen LogP contribution in [-0.2, 0) is 4.74 Å². The smallest absolute Gasteiger partial charge is 0.251 e. The van der Waals surface area contributed by atoms with Gasteiger partial charge in [0, 0.05) is 49.5 Å². The number of amides is 1. The predicted molar refractivity (Wildman–Crippen MR) is 112 cm³/mol. The number of carbonyl (C=O) groups excluding carboxylic acids is 1. The van der Waals surface area contributed by atoms with Gasteiger partial charge in [0.05, 0.1) is 13.2 Å². The van der Waals surface area contributed by atoms with Gasteiger partial charge in [-0.3, -0.25) is 9.69 Å². The summed E-state index contributed by atoms with van der Waals surface area (Å²) in [6.07, 6.45) is 0.995. The Hall–Kier alpha value is -2.37. The van der Waals surface area contributed by atoms with Crippen molar-refractivity contribution in [3.05, 3.63) is 65.7 Å². The molecule has 148 valence electrons. The first-order valence-corrected chi connectivity index (χ1v) is 10.2. The highest BCUT2D eigenvalue weighted by Crippen LogP contribution is 2.24. The lowest BCUT2D eigenvalue weighted by molar-refractivity contribution is 0.0936. The molecule has 2 fully saturated rings. The van der Waals surface area contributed by atoms with Crippen LogP contribution in [0.4, 0.5) is 5.69 Å². The van der Waals surface area contributed by atoms with Crippen LogP contribution in [0.25, 0.3) is 0 Å². The van der Waals surface area contributed by atoms with Gasteiger partial charge in [0.1, 0.15) is 0 Å². The normalized spacial score (nSPS) is 21.5. The molecule has 5 nitrogen and oxygen atoms in total. The molecule has 2 heterocycles. The first-order valence-electron chi connectivity index (χ1n) is 10.2. The minimum absolute atomic E-state index is 0.0211. The highest BCUT2D eigenvalue weighted by Gasteiger charge is 2.28. The Kier molecular flexibility index (Phi) is 5.93. The third-order valence-corrected chi connectivity index (χ3v) is 5.89. The molecule has 2 aliphatic heterocycles. The van der Waals surface area contributed by atoms with Gasteiger partial charge in [0.15, 0.2) is 0 Å². The SMILES string of the molecule is CC(c1ccccc1)N1CCC(NC(=O)c2ccc(N3CCOCC3)cc2)C1. The molecular weight excluding hydrogens is 350 g/mol. The minimum atomic E-state index is 0.0211. The number of hydrogen-bond donors (Lipinski definition) is 1. The molecule has 0 aromatic heterocycles. The number of likely N-dealkylation sites (tertiary alicyclic amines) is 1. The molecule has 2 aliphatic rings. The Balaban J connectivity index is 1.31. The number of benzene rings is 2. The van der Waals surface area contributed by atoms with Crippen LogP contribution in [-0.4, -0.2) is 56.2 Å². The topological polar surface area (TPSA) is 44.8 Å². The van der Waals surface area contributed by atoms with E-state index >= 15 is 0 Å². The fraction of sp³-hybridized carbons (Fsp3) is 0.435. The van der Waals surface area contributed by atoms with Crippen LogP contribution < -0.4 is 10.2 Å². The summed E-state index contributed by atoms with van der Waals surface area (Å²) in [5.41, 5.74) is 3.21. The van der Waals surface area contributed by atoms with Crippen LogP contribution in [0.5, 0.6) is 0 Å². The van der Waals surface area contributed by atoms with Crippen molar-refractivity contribution in [2.24, 2.45) is 0 Å². The van der Waals surface area contributed by atoms with Crippen molar-refractivity contribution in [1.82, 2.24) is 10.2 Å². The van der Waals surface area contributed by atoms with Gasteiger partial charge >= 0.3 is 0 Å². The molecule has 28 heavy (non-hydrogen) atoms. The van der Waals surface area contributed by atoms with Crippen LogP contribution in [0.3, 0.4) is 0 Å². The number of anilines is 1. The van der Waals surface area contributed by atoms with E-state index in [0.29, 0.717) is 6.04 Å². The van der Waals surface area contributed by atoms with Crippen molar-refractivity contribution < 1.29 is 9.53 Å². The summed E-state index contributed by atoms with van der Waals surface area (Å²) >= 11 is 0. The summed E-state index contributed by atoms with van der Waals surface area (Å²) in [5, 5.41) is 3.22. The van der Waals surface area contributed by atoms with E-state index in [2.05, 4.69) is 46.3 Å². The molecule has 2 aromatic rings. The number of hydrogen-bond acceptors (Lipinski definition) is 4. The molecule has 2 saturated heterocycles. The van der Waals surface area contributed by atoms with Gasteiger partial charge in [-0.25, -0.2) is 0 Å². The molecule has 0 aliphatic carbocycles. The van der Waals surface area contributed by atoms with Crippen LogP contribution in [0.1, 0.15) is 35.3 Å². The lowest BCUT2D eigenvalue weighted by Crippen LogP contribution is -2.38. The average molecular weight is 380 g/mol. The van der Waals surface area contributed by atoms with Crippen molar-refractivity contribution >= 4 is 11.6 Å². The van der Waals surface area contributed by atoms with Crippen LogP contribution in [0.15, 0.2) is 54.6 Å². The van der Waals surface area contributed by atoms with Crippen LogP contribution in [0.2, 0.25) is 0 Å². The predicted octanol–water partition coefficient (Wildman–Crippen LogP) is 3.09. The fourth-order valence-corrected chi connectivity index (χ4v) is 4.11. The van der Waals surface area contributed by atoms with E-state index in [1.54, 1.807) is 0 Å². The lowest BCUT2D eigenvalue weighted by Gasteiger charge is -2.28. The zero-order valence-electron chi connectivity index (χ0n) is 16.5. The summed E-state index contributed by atoms with van der Waals surface area (Å²) in [7, 11) is 0. The van der Waals surface area contributed by atoms with E-state index in [1.807, 2.05) is 30.3 Å². The van der Waals surface area contributed by atoms with Gasteiger partial charge in [-0.05, 0) is 43.2 Å². The van der Waals surface area contributed by atoms with E-state index in [4.69, 9.17) is 4.74 Å². The molecule has 0 saturated carbocycles. The first-order chi connectivity index (χ1) is 13.7. The van der Waals surface area contributed by atoms with Gasteiger partial charge < -0.3 is 15.0 Å². The lowest BCUT2D eigenvalue weighted by atomic mass is 10.1. The van der Waals surface area contributed by atoms with Gasteiger partial charge in [-0.15, -0.1) is 0 Å². The van der Waals surface area contributed by atoms with Gasteiger partial charge in [-0.2, -0.15) is 0 Å². The summed E-state index contributed by atoms with van der Waals surface area (Å²) in [4.78, 5) is 17.4. The molecule has 0 bridgehead atoms. The van der Waals surface area contributed by atoms with Crippen molar-refractivity contribution in [3.63, 3.8) is 0 Å². The van der Waals surface area contributed by atoms with Gasteiger partial charge in [0.25, 0.3) is 5.91 Å². The van der Waals surface area contributed by atoms with Gasteiger partial charge in [0.2, 0.25) is 0 Å². The van der Waals surface area contributed by atoms with Crippen LogP contribution >= 0.6 is 0 Å². The Bertz CT molecular complexity index is 772. The molecule has 2 atom stereocenters. The molecule has 2 aromatic carbocycles. The Morgan fingerprint density at radius 3 is 2.46 bits per heavy atom. The number of nitrogens with one attached hydrogen (secondary N) is 1. The Morgan fingerprint density at radius 2 is 1.75 bits per heavy atom. The minimum Gasteiger partial charge on any atom is -0.378 e. The van der Waals surface area contributed by atoms with E-state index < -0.39 is 0 Å². The largest absolute Gasteiger partial charge is 0.378 e. The number of rotatable bonds is 5. The van der Waals surface area contributed by atoms with Crippen molar-refractivity contribution in [3.8, 4) is 0 Å². The second-order valence-electron chi connectivity index (χ2n) is 7.69. The molecule has 1 amide bonds. The summed E-state index contributed by atoms with van der Waals surface area (Å²) in [6, 6.07) is 19.1. The Labute approximate surface area is 167 Å². The van der Waals surface area contributed by atoms with E-state index in [1.165, 1.54) is 5.56 Å². The number of carbonyl (C=O) groups is 1. The highest BCUT2D eigenvalue weighted by molar-refractivity contribution is 5.94. The standard InChI is InChI=1S/C23H29N3O2/c1-18(19-5-3-2-4-6-19)26-12-11-21(17-26)24-23(27)20-7-9-22(10-8-20)25-13-15-28-16-14-25/h2-10,18,21H,11-17H2,1H3,(H,24,27). The molecule has 5 heteroatoms. The number of morpholine rings is 1. The van der Waals surface area contributed by atoms with Crippen molar-refractivity contribution in [1.29, 1.82) is 0 Å². The maximum Gasteiger partial charge on any atom is 0.251 e. The van der Waals surface area contributed by atoms with Crippen LogP contribution in [0, 0.1) is 0 Å². The number of nitrogens with zero attached hydrogens (tertiary/aromatic N) is 2. The summed E-state index contributed by atoms with van der Waals surface area (Å²) in [5.74, 6) is 0.0211. The summed E-state index contributed by atoms with van der Waals surface area (Å²) in [6.45, 7) is 7.49. The molecule has 2 unspecified atom stereocenters. The second kappa shape index (κ2) is 8.76. The molecule has 4 rings (SSSR count). The molecular formula is C23H29N3O2. The van der Waals surface area contributed by atoms with E-state index in [0.717, 1.165) is 57.1 Å². The van der Waals surface area contributed by atoms with E-state index in [-0.39, 0.29) is 11.9 Å². The third-order valence-electron chi connectivity index (χ3n) is 5.89. The zero-order chi connectivity index (χ0) is 19.3. The summed E-state index contributed by atoms with van der Waals surface area (Å²) < 4.78 is 5.40. The maximum absolute atomic E-state index is 12.7. The zero-order valence-corrected chi connectivity index (χ0v) is 16.5. The number of ether oxygens (including phenoxy) is 1. The highest BCUT2D eigenvalue weighted by atomic mass is 16.5.